The van der Waals surface area contributed by atoms with E-state index in [1.807, 2.05) is 18.2 Å². The van der Waals surface area contributed by atoms with Crippen molar-refractivity contribution in [3.05, 3.63) is 29.8 Å². The number of amides is 2. The number of piperazine rings is 1. The molecule has 1 saturated heterocycles. The summed E-state index contributed by atoms with van der Waals surface area (Å²) in [5.74, 6) is -0.257. The van der Waals surface area contributed by atoms with E-state index in [0.717, 1.165) is 11.3 Å². The molecule has 84 valence electrons. The van der Waals surface area contributed by atoms with E-state index in [9.17, 15) is 9.59 Å². The molecule has 0 spiro atoms. The Kier molecular flexibility index (Phi) is 2.87. The summed E-state index contributed by atoms with van der Waals surface area (Å²) < 4.78 is 0. The van der Waals surface area contributed by atoms with Crippen molar-refractivity contribution in [2.45, 2.75) is 6.54 Å². The van der Waals surface area contributed by atoms with E-state index in [1.165, 1.54) is 4.90 Å². The molecule has 5 heteroatoms. The lowest BCUT2D eigenvalue weighted by atomic mass is 10.1. The second kappa shape index (κ2) is 4.32. The first kappa shape index (κ1) is 10.6. The summed E-state index contributed by atoms with van der Waals surface area (Å²) in [6, 6.07) is 7.35. The van der Waals surface area contributed by atoms with Crippen molar-refractivity contribution >= 4 is 17.5 Å². The zero-order valence-electron chi connectivity index (χ0n) is 8.77. The Morgan fingerprint density at radius 3 is 2.81 bits per heavy atom. The third-order valence-corrected chi connectivity index (χ3v) is 2.54. The Morgan fingerprint density at radius 1 is 1.31 bits per heavy atom. The van der Waals surface area contributed by atoms with Gasteiger partial charge in [-0.05, 0) is 11.6 Å². The number of hydrogen-bond acceptors (Lipinski definition) is 3. The molecule has 0 radical (unpaired) electrons. The summed E-state index contributed by atoms with van der Waals surface area (Å²) >= 11 is 0. The highest BCUT2D eigenvalue weighted by Gasteiger charge is 2.25. The van der Waals surface area contributed by atoms with Crippen molar-refractivity contribution in [3.8, 4) is 0 Å². The maximum atomic E-state index is 11.7. The molecule has 5 nitrogen and oxygen atoms in total. The van der Waals surface area contributed by atoms with E-state index in [4.69, 9.17) is 5.73 Å². The molecule has 0 atom stereocenters. The summed E-state index contributed by atoms with van der Waals surface area (Å²) in [4.78, 5) is 24.4. The average Bonchev–Trinajstić information content (AvgIpc) is 2.32. The largest absolute Gasteiger partial charge is 0.345 e. The van der Waals surface area contributed by atoms with E-state index in [0.29, 0.717) is 6.54 Å². The minimum absolute atomic E-state index is 0.0533. The van der Waals surface area contributed by atoms with Crippen LogP contribution in [0.3, 0.4) is 0 Å². The van der Waals surface area contributed by atoms with Gasteiger partial charge >= 0.3 is 0 Å². The van der Waals surface area contributed by atoms with Crippen LogP contribution in [0.2, 0.25) is 0 Å². The number of nitrogens with two attached hydrogens (primary N) is 1. The van der Waals surface area contributed by atoms with Gasteiger partial charge in [-0.1, -0.05) is 18.2 Å². The number of nitrogens with zero attached hydrogens (tertiary/aromatic N) is 1. The molecule has 1 aliphatic rings. The van der Waals surface area contributed by atoms with Crippen LogP contribution in [0, 0.1) is 0 Å². The second-order valence-corrected chi connectivity index (χ2v) is 3.59. The van der Waals surface area contributed by atoms with Gasteiger partial charge in [0.1, 0.15) is 6.54 Å². The zero-order valence-corrected chi connectivity index (χ0v) is 8.77. The van der Waals surface area contributed by atoms with Crippen LogP contribution in [0.15, 0.2) is 24.3 Å². The molecule has 2 amide bonds. The highest BCUT2D eigenvalue weighted by Crippen LogP contribution is 2.20. The first-order chi connectivity index (χ1) is 7.72. The van der Waals surface area contributed by atoms with Gasteiger partial charge in [0.05, 0.1) is 6.54 Å². The van der Waals surface area contributed by atoms with Gasteiger partial charge in [0.25, 0.3) is 0 Å². The third-order valence-electron chi connectivity index (χ3n) is 2.54. The molecule has 16 heavy (non-hydrogen) atoms. The van der Waals surface area contributed by atoms with Gasteiger partial charge in [-0.25, -0.2) is 0 Å². The quantitative estimate of drug-likeness (QED) is 0.711. The number of anilines is 1. The molecule has 1 aromatic rings. The lowest BCUT2D eigenvalue weighted by Gasteiger charge is -2.28. The Hall–Kier alpha value is -1.88. The fraction of sp³-hybridized carbons (Fsp3) is 0.273. The number of carbonyl (C=O) groups is 2. The summed E-state index contributed by atoms with van der Waals surface area (Å²) in [5, 5.41) is 2.51. The molecule has 0 aliphatic carbocycles. The Labute approximate surface area is 93.2 Å². The van der Waals surface area contributed by atoms with Crippen molar-refractivity contribution in [1.29, 1.82) is 0 Å². The van der Waals surface area contributed by atoms with Crippen LogP contribution in [0.5, 0.6) is 0 Å². The summed E-state index contributed by atoms with van der Waals surface area (Å²) in [6.07, 6.45) is 0. The summed E-state index contributed by atoms with van der Waals surface area (Å²) in [7, 11) is 0. The number of para-hydroxylation sites is 1. The first-order valence-corrected chi connectivity index (χ1v) is 5.07. The Balaban J connectivity index is 2.34. The number of hydrogen-bond donors (Lipinski definition) is 2. The van der Waals surface area contributed by atoms with Gasteiger partial charge in [0.2, 0.25) is 11.8 Å². The molecular formula is C11H13N3O2. The minimum Gasteiger partial charge on any atom is -0.345 e. The van der Waals surface area contributed by atoms with Gasteiger partial charge in [0.15, 0.2) is 0 Å². The van der Waals surface area contributed by atoms with E-state index in [-0.39, 0.29) is 24.9 Å². The molecule has 1 aliphatic heterocycles. The smallest absolute Gasteiger partial charge is 0.246 e. The highest BCUT2D eigenvalue weighted by molar-refractivity contribution is 6.04. The molecule has 1 heterocycles. The monoisotopic (exact) mass is 219 g/mol. The number of carbonyl (C=O) groups excluding carboxylic acids is 2. The van der Waals surface area contributed by atoms with Gasteiger partial charge < -0.3 is 16.0 Å². The van der Waals surface area contributed by atoms with Crippen molar-refractivity contribution in [3.63, 3.8) is 0 Å². The molecule has 0 saturated carbocycles. The molecule has 0 bridgehead atoms. The van der Waals surface area contributed by atoms with E-state index in [1.54, 1.807) is 6.07 Å². The lowest BCUT2D eigenvalue weighted by Crippen LogP contribution is -2.52. The molecule has 1 fully saturated rings. The van der Waals surface area contributed by atoms with Gasteiger partial charge in [0, 0.05) is 12.2 Å². The Morgan fingerprint density at radius 2 is 2.06 bits per heavy atom. The van der Waals surface area contributed by atoms with Crippen LogP contribution < -0.4 is 16.0 Å². The van der Waals surface area contributed by atoms with Gasteiger partial charge in [-0.2, -0.15) is 0 Å². The second-order valence-electron chi connectivity index (χ2n) is 3.59. The lowest BCUT2D eigenvalue weighted by molar-refractivity contribution is -0.128. The maximum absolute atomic E-state index is 11.7. The average molecular weight is 219 g/mol. The van der Waals surface area contributed by atoms with Gasteiger partial charge in [-0.15, -0.1) is 0 Å². The molecule has 3 N–H and O–H groups in total. The van der Waals surface area contributed by atoms with Crippen LogP contribution in [0.4, 0.5) is 5.69 Å². The van der Waals surface area contributed by atoms with Crippen molar-refractivity contribution < 1.29 is 9.59 Å². The fourth-order valence-corrected chi connectivity index (χ4v) is 1.72. The zero-order chi connectivity index (χ0) is 11.5. The maximum Gasteiger partial charge on any atom is 0.246 e. The van der Waals surface area contributed by atoms with Crippen LogP contribution in [-0.2, 0) is 16.1 Å². The van der Waals surface area contributed by atoms with Crippen LogP contribution >= 0.6 is 0 Å². The predicted molar refractivity (Wildman–Crippen MR) is 59.7 cm³/mol. The third kappa shape index (κ3) is 1.90. The first-order valence-electron chi connectivity index (χ1n) is 5.07. The highest BCUT2D eigenvalue weighted by atomic mass is 16.2. The fourth-order valence-electron chi connectivity index (χ4n) is 1.72. The SMILES string of the molecule is NCc1ccccc1N1CC(=O)NCC1=O. The van der Waals surface area contributed by atoms with Crippen molar-refractivity contribution in [2.24, 2.45) is 5.73 Å². The molecular weight excluding hydrogens is 206 g/mol. The van der Waals surface area contributed by atoms with E-state index < -0.39 is 0 Å². The Bertz CT molecular complexity index is 431. The van der Waals surface area contributed by atoms with Crippen molar-refractivity contribution in [2.75, 3.05) is 18.0 Å². The molecule has 0 unspecified atom stereocenters. The number of nitrogens with one attached hydrogen (secondary N) is 1. The molecule has 1 aromatic carbocycles. The minimum atomic E-state index is -0.147. The topological polar surface area (TPSA) is 75.4 Å². The van der Waals surface area contributed by atoms with Gasteiger partial charge in [-0.3, -0.25) is 9.59 Å². The van der Waals surface area contributed by atoms with Crippen LogP contribution in [-0.4, -0.2) is 24.9 Å². The predicted octanol–water partition coefficient (Wildman–Crippen LogP) is -0.392. The van der Waals surface area contributed by atoms with Crippen molar-refractivity contribution in [1.82, 2.24) is 5.32 Å². The molecule has 0 aromatic heterocycles. The van der Waals surface area contributed by atoms with Crippen LogP contribution in [0.25, 0.3) is 0 Å². The molecule has 2 rings (SSSR count). The normalized spacial score (nSPS) is 16.2. The number of rotatable bonds is 2. The van der Waals surface area contributed by atoms with E-state index >= 15 is 0 Å². The standard InChI is InChI=1S/C11H13N3O2/c12-5-8-3-1-2-4-9(8)14-7-10(15)13-6-11(14)16/h1-4H,5-7,12H2,(H,13,15). The van der Waals surface area contributed by atoms with E-state index in [2.05, 4.69) is 5.32 Å². The number of benzene rings is 1. The summed E-state index contributed by atoms with van der Waals surface area (Å²) in [6.45, 7) is 0.467. The summed E-state index contributed by atoms with van der Waals surface area (Å²) in [5.41, 5.74) is 7.19. The van der Waals surface area contributed by atoms with Crippen LogP contribution in [0.1, 0.15) is 5.56 Å².